The van der Waals surface area contributed by atoms with E-state index in [-0.39, 0.29) is 0 Å². The summed E-state index contributed by atoms with van der Waals surface area (Å²) in [5.74, 6) is -0.0706. The summed E-state index contributed by atoms with van der Waals surface area (Å²) in [6, 6.07) is 8.91. The zero-order valence-corrected chi connectivity index (χ0v) is 18.2. The largest absolute Gasteiger partial charge is 0.486 e. The molecule has 0 bridgehead atoms. The molecule has 8 heteroatoms. The van der Waals surface area contributed by atoms with E-state index in [9.17, 15) is 9.59 Å². The van der Waals surface area contributed by atoms with Gasteiger partial charge < -0.3 is 19.5 Å². The van der Waals surface area contributed by atoms with Gasteiger partial charge in [-0.2, -0.15) is 0 Å². The number of hydrogen-bond donors (Lipinski definition) is 1. The van der Waals surface area contributed by atoms with E-state index in [1.807, 2.05) is 19.1 Å². The van der Waals surface area contributed by atoms with Crippen LogP contribution in [0.3, 0.4) is 0 Å². The molecule has 1 aliphatic rings. The quantitative estimate of drug-likeness (QED) is 0.493. The minimum Gasteiger partial charge on any atom is -0.486 e. The molecule has 3 rings (SSSR count). The third kappa shape index (κ3) is 5.52. The lowest BCUT2D eigenvalue weighted by atomic mass is 10.2. The summed E-state index contributed by atoms with van der Waals surface area (Å²) < 4.78 is 16.9. The van der Waals surface area contributed by atoms with E-state index >= 15 is 0 Å². The second kappa shape index (κ2) is 9.33. The number of rotatable bonds is 5. The van der Waals surface area contributed by atoms with Crippen molar-refractivity contribution in [2.75, 3.05) is 18.5 Å². The van der Waals surface area contributed by atoms with Crippen LogP contribution in [0.4, 0.5) is 5.69 Å². The summed E-state index contributed by atoms with van der Waals surface area (Å²) in [5.41, 5.74) is 2.31. The number of benzene rings is 2. The predicted octanol–water partition coefficient (Wildman–Crippen LogP) is 4.77. The topological polar surface area (TPSA) is 73.9 Å². The van der Waals surface area contributed by atoms with E-state index in [1.165, 1.54) is 19.1 Å². The van der Waals surface area contributed by atoms with Crippen LogP contribution in [-0.2, 0) is 14.3 Å². The number of halogens is 2. The van der Waals surface area contributed by atoms with Gasteiger partial charge in [0.25, 0.3) is 5.91 Å². The molecule has 1 aliphatic heterocycles. The zero-order valence-electron chi connectivity index (χ0n) is 15.8. The number of nitrogens with one attached hydrogen (secondary N) is 1. The monoisotopic (exact) mass is 479 g/mol. The molecule has 0 spiro atoms. The van der Waals surface area contributed by atoms with Crippen molar-refractivity contribution in [2.45, 2.75) is 20.0 Å². The Morgan fingerprint density at radius 1 is 1.24 bits per heavy atom. The lowest BCUT2D eigenvalue weighted by Gasteiger charge is -2.19. The average Bonchev–Trinajstić information content (AvgIpc) is 2.68. The van der Waals surface area contributed by atoms with Crippen molar-refractivity contribution >= 4 is 51.2 Å². The Labute approximate surface area is 181 Å². The number of ether oxygens (including phenoxy) is 3. The number of anilines is 1. The highest BCUT2D eigenvalue weighted by Crippen LogP contribution is 2.38. The number of aryl methyl sites for hydroxylation is 1. The Morgan fingerprint density at radius 3 is 2.76 bits per heavy atom. The molecule has 0 aromatic heterocycles. The van der Waals surface area contributed by atoms with Crippen molar-refractivity contribution in [3.63, 3.8) is 0 Å². The van der Waals surface area contributed by atoms with Crippen LogP contribution in [0.15, 0.2) is 40.9 Å². The first-order valence-corrected chi connectivity index (χ1v) is 10.1. The van der Waals surface area contributed by atoms with Crippen molar-refractivity contribution in [1.82, 2.24) is 0 Å². The highest BCUT2D eigenvalue weighted by molar-refractivity contribution is 9.10. The fourth-order valence-corrected chi connectivity index (χ4v) is 3.48. The Morgan fingerprint density at radius 2 is 2.00 bits per heavy atom. The van der Waals surface area contributed by atoms with Crippen LogP contribution in [0.1, 0.15) is 18.1 Å². The molecule has 0 unspecified atom stereocenters. The van der Waals surface area contributed by atoms with Crippen LogP contribution in [0.2, 0.25) is 5.02 Å². The molecule has 0 aliphatic carbocycles. The van der Waals surface area contributed by atoms with Crippen molar-refractivity contribution in [3.8, 4) is 11.5 Å². The van der Waals surface area contributed by atoms with Gasteiger partial charge >= 0.3 is 5.97 Å². The number of amides is 1. The number of hydrogen-bond acceptors (Lipinski definition) is 5. The predicted molar refractivity (Wildman–Crippen MR) is 115 cm³/mol. The second-order valence-electron chi connectivity index (χ2n) is 6.41. The highest BCUT2D eigenvalue weighted by atomic mass is 79.9. The zero-order chi connectivity index (χ0) is 21.0. The van der Waals surface area contributed by atoms with Crippen molar-refractivity contribution in [3.05, 3.63) is 57.0 Å². The van der Waals surface area contributed by atoms with Crippen LogP contribution in [0.25, 0.3) is 6.08 Å². The Balaban J connectivity index is 1.59. The first-order valence-electron chi connectivity index (χ1n) is 8.88. The Bertz CT molecular complexity index is 976. The van der Waals surface area contributed by atoms with Crippen molar-refractivity contribution in [1.29, 1.82) is 0 Å². The average molecular weight is 481 g/mol. The summed E-state index contributed by atoms with van der Waals surface area (Å²) in [6.45, 7) is 4.32. The van der Waals surface area contributed by atoms with E-state index in [2.05, 4.69) is 21.2 Å². The minimum atomic E-state index is -0.968. The maximum absolute atomic E-state index is 12.3. The lowest BCUT2D eigenvalue weighted by Crippen LogP contribution is -2.29. The molecule has 2 aromatic rings. The van der Waals surface area contributed by atoms with Crippen LogP contribution in [0, 0.1) is 6.92 Å². The molecular weight excluding hydrogens is 462 g/mol. The summed E-state index contributed by atoms with van der Waals surface area (Å²) in [4.78, 5) is 24.4. The summed E-state index contributed by atoms with van der Waals surface area (Å²) in [5, 5.41) is 3.12. The van der Waals surface area contributed by atoms with Gasteiger partial charge in [0.1, 0.15) is 13.2 Å². The van der Waals surface area contributed by atoms with Gasteiger partial charge in [0, 0.05) is 10.5 Å². The fraction of sp³-hybridized carbons (Fsp3) is 0.238. The molecule has 6 nitrogen and oxygen atoms in total. The molecule has 1 heterocycles. The molecule has 0 fully saturated rings. The van der Waals surface area contributed by atoms with Crippen LogP contribution in [0.5, 0.6) is 11.5 Å². The number of fused-ring (bicyclic) bond motifs is 1. The molecule has 0 saturated heterocycles. The van der Waals surface area contributed by atoms with Gasteiger partial charge in [-0.3, -0.25) is 4.79 Å². The molecule has 152 valence electrons. The van der Waals surface area contributed by atoms with Gasteiger partial charge in [0.2, 0.25) is 0 Å². The maximum atomic E-state index is 12.3. The SMILES string of the molecule is Cc1ccc(NC(=O)[C@@H](C)OC(=O)/C=C/c2cc(Cl)c3c(c2)OCCO3)c(Br)c1. The normalized spacial score (nSPS) is 13.8. The van der Waals surface area contributed by atoms with Crippen LogP contribution >= 0.6 is 27.5 Å². The fourth-order valence-electron chi connectivity index (χ4n) is 2.61. The number of esters is 1. The highest BCUT2D eigenvalue weighted by Gasteiger charge is 2.18. The van der Waals surface area contributed by atoms with Gasteiger partial charge in [0.05, 0.1) is 10.7 Å². The van der Waals surface area contributed by atoms with E-state index in [0.717, 1.165) is 10.0 Å². The Hall–Kier alpha value is -2.51. The van der Waals surface area contributed by atoms with Gasteiger partial charge in [-0.25, -0.2) is 4.79 Å². The summed E-state index contributed by atoms with van der Waals surface area (Å²) >= 11 is 9.57. The standard InChI is InChI=1S/C21H19BrClNO5/c1-12-3-5-17(15(22)9-12)24-21(26)13(2)29-19(25)6-4-14-10-16(23)20-18(11-14)27-7-8-28-20/h3-6,9-11,13H,7-8H2,1-2H3,(H,24,26)/b6-4+/t13-/m1/s1. The van der Waals surface area contributed by atoms with Crippen molar-refractivity contribution < 1.29 is 23.8 Å². The molecule has 1 amide bonds. The van der Waals surface area contributed by atoms with Gasteiger partial charge in [-0.05, 0) is 71.2 Å². The van der Waals surface area contributed by atoms with Crippen molar-refractivity contribution in [2.24, 2.45) is 0 Å². The molecule has 0 radical (unpaired) electrons. The third-order valence-electron chi connectivity index (χ3n) is 4.08. The molecule has 1 N–H and O–H groups in total. The molecule has 29 heavy (non-hydrogen) atoms. The van der Waals surface area contributed by atoms with Crippen LogP contribution in [-0.4, -0.2) is 31.2 Å². The molecule has 2 aromatic carbocycles. The number of carbonyl (C=O) groups is 2. The summed E-state index contributed by atoms with van der Waals surface area (Å²) in [6.07, 6.45) is 1.80. The van der Waals surface area contributed by atoms with Gasteiger partial charge in [-0.15, -0.1) is 0 Å². The maximum Gasteiger partial charge on any atom is 0.331 e. The Kier molecular flexibility index (Phi) is 6.82. The smallest absolute Gasteiger partial charge is 0.331 e. The van der Waals surface area contributed by atoms with E-state index < -0.39 is 18.0 Å². The molecule has 0 saturated carbocycles. The summed E-state index contributed by atoms with van der Waals surface area (Å²) in [7, 11) is 0. The first kappa shape index (κ1) is 21.2. The van der Waals surface area contributed by atoms with E-state index in [1.54, 1.807) is 18.2 Å². The lowest BCUT2D eigenvalue weighted by molar-refractivity contribution is -0.148. The van der Waals surface area contributed by atoms with Gasteiger partial charge in [0.15, 0.2) is 17.6 Å². The van der Waals surface area contributed by atoms with Gasteiger partial charge in [-0.1, -0.05) is 17.7 Å². The van der Waals surface area contributed by atoms with Crippen LogP contribution < -0.4 is 14.8 Å². The third-order valence-corrected chi connectivity index (χ3v) is 5.01. The second-order valence-corrected chi connectivity index (χ2v) is 7.67. The van der Waals surface area contributed by atoms with E-state index in [0.29, 0.717) is 41.0 Å². The number of carbonyl (C=O) groups excluding carboxylic acids is 2. The molecular formula is C21H19BrClNO5. The first-order chi connectivity index (χ1) is 13.8. The minimum absolute atomic E-state index is 0.395. The van der Waals surface area contributed by atoms with E-state index in [4.69, 9.17) is 25.8 Å². The molecule has 1 atom stereocenters.